The zero-order valence-corrected chi connectivity index (χ0v) is 11.8. The van der Waals surface area contributed by atoms with E-state index < -0.39 is 17.7 Å². The lowest BCUT2D eigenvalue weighted by atomic mass is 9.98. The first-order valence-corrected chi connectivity index (χ1v) is 6.89. The number of amides is 2. The van der Waals surface area contributed by atoms with Crippen LogP contribution < -0.4 is 11.1 Å². The molecule has 0 bridgehead atoms. The fraction of sp³-hybridized carbons (Fsp3) is 0.231. The topological polar surface area (TPSA) is 98.0 Å². The molecule has 8 heteroatoms. The second-order valence-electron chi connectivity index (χ2n) is 4.43. The molecule has 0 saturated carbocycles. The third-order valence-electron chi connectivity index (χ3n) is 2.90. The Bertz CT molecular complexity index is 616. The first-order chi connectivity index (χ1) is 10.1. The average molecular weight is 308 g/mol. The molecule has 6 nitrogen and oxygen atoms in total. The minimum Gasteiger partial charge on any atom is -0.369 e. The van der Waals surface area contributed by atoms with E-state index in [1.54, 1.807) is 12.1 Å². The maximum absolute atomic E-state index is 12.8. The van der Waals surface area contributed by atoms with Crippen molar-refractivity contribution >= 4 is 23.5 Å². The van der Waals surface area contributed by atoms with Crippen LogP contribution in [0.15, 0.2) is 30.5 Å². The quantitative estimate of drug-likeness (QED) is 0.823. The van der Waals surface area contributed by atoms with E-state index in [0.29, 0.717) is 6.42 Å². The van der Waals surface area contributed by atoms with Gasteiger partial charge in [-0.05, 0) is 24.1 Å². The van der Waals surface area contributed by atoms with E-state index >= 15 is 0 Å². The number of nitrogens with zero attached hydrogens (tertiary/aromatic N) is 2. The van der Waals surface area contributed by atoms with Gasteiger partial charge in [-0.25, -0.2) is 4.39 Å². The summed E-state index contributed by atoms with van der Waals surface area (Å²) in [6.07, 6.45) is 1.67. The molecule has 1 atom stereocenters. The molecular weight excluding hydrogens is 295 g/mol. The van der Waals surface area contributed by atoms with Crippen LogP contribution in [0.25, 0.3) is 0 Å². The monoisotopic (exact) mass is 308 g/mol. The van der Waals surface area contributed by atoms with Crippen LogP contribution in [-0.2, 0) is 11.2 Å². The van der Waals surface area contributed by atoms with Gasteiger partial charge in [0.15, 0.2) is 5.69 Å². The molecule has 0 saturated heterocycles. The number of nitrogens with one attached hydrogen (secondary N) is 1. The molecule has 0 aliphatic heterocycles. The highest BCUT2D eigenvalue weighted by molar-refractivity contribution is 6.99. The second kappa shape index (κ2) is 6.89. The highest BCUT2D eigenvalue weighted by Crippen LogP contribution is 2.10. The van der Waals surface area contributed by atoms with Crippen LogP contribution in [0.5, 0.6) is 0 Å². The van der Waals surface area contributed by atoms with Crippen molar-refractivity contribution < 1.29 is 14.0 Å². The number of aromatic nitrogens is 2. The molecule has 0 radical (unpaired) electrons. The van der Waals surface area contributed by atoms with Crippen LogP contribution in [0.3, 0.4) is 0 Å². The van der Waals surface area contributed by atoms with E-state index in [0.717, 1.165) is 17.3 Å². The Kier molecular flexibility index (Phi) is 4.94. The number of carbonyl (C=O) groups excluding carboxylic acids is 2. The molecule has 0 aliphatic rings. The van der Waals surface area contributed by atoms with Crippen molar-refractivity contribution in [3.05, 3.63) is 47.5 Å². The molecule has 2 amide bonds. The summed E-state index contributed by atoms with van der Waals surface area (Å²) in [5.41, 5.74) is 6.30. The molecule has 0 fully saturated rings. The predicted molar refractivity (Wildman–Crippen MR) is 75.0 cm³/mol. The number of hydrogen-bond acceptors (Lipinski definition) is 5. The van der Waals surface area contributed by atoms with E-state index in [9.17, 15) is 14.0 Å². The van der Waals surface area contributed by atoms with Gasteiger partial charge in [-0.3, -0.25) is 9.59 Å². The highest BCUT2D eigenvalue weighted by atomic mass is 32.1. The minimum atomic E-state index is -0.578. The lowest BCUT2D eigenvalue weighted by Crippen LogP contribution is -2.37. The predicted octanol–water partition coefficient (Wildman–Crippen LogP) is 0.751. The van der Waals surface area contributed by atoms with Crippen LogP contribution in [0.2, 0.25) is 0 Å². The number of rotatable bonds is 6. The first kappa shape index (κ1) is 15.0. The molecule has 1 heterocycles. The van der Waals surface area contributed by atoms with E-state index in [-0.39, 0.29) is 18.1 Å². The van der Waals surface area contributed by atoms with Crippen molar-refractivity contribution in [2.45, 2.75) is 6.42 Å². The number of primary amides is 1. The van der Waals surface area contributed by atoms with Crippen LogP contribution in [0.4, 0.5) is 4.39 Å². The number of carbonyl (C=O) groups is 2. The fourth-order valence-corrected chi connectivity index (χ4v) is 2.16. The lowest BCUT2D eigenvalue weighted by Gasteiger charge is -2.14. The Hall–Kier alpha value is -2.35. The van der Waals surface area contributed by atoms with Gasteiger partial charge in [0.1, 0.15) is 5.82 Å². The van der Waals surface area contributed by atoms with Crippen LogP contribution in [-0.4, -0.2) is 27.1 Å². The second-order valence-corrected chi connectivity index (χ2v) is 4.99. The molecule has 2 rings (SSSR count). The van der Waals surface area contributed by atoms with Crippen molar-refractivity contribution in [2.24, 2.45) is 11.7 Å². The smallest absolute Gasteiger partial charge is 0.272 e. The SMILES string of the molecule is NC(=O)C(CNC(=O)c1cnsn1)Cc1ccc(F)cc1. The first-order valence-electron chi connectivity index (χ1n) is 6.16. The molecule has 0 aliphatic carbocycles. The Morgan fingerprint density at radius 2 is 2.05 bits per heavy atom. The van der Waals surface area contributed by atoms with E-state index in [1.807, 2.05) is 0 Å². The maximum Gasteiger partial charge on any atom is 0.272 e. The van der Waals surface area contributed by atoms with Gasteiger partial charge in [0, 0.05) is 6.54 Å². The Labute approximate surface area is 124 Å². The standard InChI is InChI=1S/C13H13FN4O2S/c14-10-3-1-8(2-4-10)5-9(12(15)19)6-16-13(20)11-7-17-21-18-11/h1-4,7,9H,5-6H2,(H2,15,19)(H,16,20). The summed E-state index contributed by atoms with van der Waals surface area (Å²) < 4.78 is 20.4. The van der Waals surface area contributed by atoms with Crippen molar-refractivity contribution in [3.63, 3.8) is 0 Å². The van der Waals surface area contributed by atoms with E-state index in [1.165, 1.54) is 18.3 Å². The van der Waals surface area contributed by atoms with Crippen LogP contribution >= 0.6 is 11.7 Å². The largest absolute Gasteiger partial charge is 0.369 e. The number of benzene rings is 1. The highest BCUT2D eigenvalue weighted by Gasteiger charge is 2.18. The summed E-state index contributed by atoms with van der Waals surface area (Å²) in [4.78, 5) is 23.2. The van der Waals surface area contributed by atoms with Gasteiger partial charge in [-0.1, -0.05) is 12.1 Å². The Morgan fingerprint density at radius 1 is 1.33 bits per heavy atom. The Morgan fingerprint density at radius 3 is 2.62 bits per heavy atom. The van der Waals surface area contributed by atoms with Gasteiger partial charge >= 0.3 is 0 Å². The third-order valence-corrected chi connectivity index (χ3v) is 3.38. The van der Waals surface area contributed by atoms with Crippen molar-refractivity contribution in [1.82, 2.24) is 14.1 Å². The summed E-state index contributed by atoms with van der Waals surface area (Å²) in [7, 11) is 0. The number of halogens is 1. The Balaban J connectivity index is 1.94. The molecule has 0 spiro atoms. The van der Waals surface area contributed by atoms with Crippen LogP contribution in [0, 0.1) is 11.7 Å². The molecule has 1 unspecified atom stereocenters. The fourth-order valence-electron chi connectivity index (χ4n) is 1.75. The number of hydrogen-bond donors (Lipinski definition) is 2. The normalized spacial score (nSPS) is 11.9. The van der Waals surface area contributed by atoms with Crippen molar-refractivity contribution in [2.75, 3.05) is 6.54 Å². The van der Waals surface area contributed by atoms with Gasteiger partial charge in [0.25, 0.3) is 5.91 Å². The number of nitrogens with two attached hydrogens (primary N) is 1. The summed E-state index contributed by atoms with van der Waals surface area (Å²) in [6.45, 7) is 0.0864. The van der Waals surface area contributed by atoms with Crippen LogP contribution in [0.1, 0.15) is 16.1 Å². The molecule has 1 aromatic heterocycles. The lowest BCUT2D eigenvalue weighted by molar-refractivity contribution is -0.121. The molecule has 2 aromatic rings. The van der Waals surface area contributed by atoms with E-state index in [4.69, 9.17) is 5.73 Å². The third kappa shape index (κ3) is 4.32. The van der Waals surface area contributed by atoms with Crippen molar-refractivity contribution in [3.8, 4) is 0 Å². The summed E-state index contributed by atoms with van der Waals surface area (Å²) in [6, 6.07) is 5.79. The minimum absolute atomic E-state index is 0.0864. The van der Waals surface area contributed by atoms with Gasteiger partial charge in [0.05, 0.1) is 23.8 Å². The zero-order valence-electron chi connectivity index (χ0n) is 11.0. The summed E-state index contributed by atoms with van der Waals surface area (Å²) >= 11 is 0.924. The molecule has 21 heavy (non-hydrogen) atoms. The van der Waals surface area contributed by atoms with E-state index in [2.05, 4.69) is 14.1 Å². The summed E-state index contributed by atoms with van der Waals surface area (Å²) in [5.74, 6) is -1.87. The molecule has 110 valence electrons. The summed E-state index contributed by atoms with van der Waals surface area (Å²) in [5, 5.41) is 2.59. The molecule has 3 N–H and O–H groups in total. The van der Waals surface area contributed by atoms with Gasteiger partial charge in [0.2, 0.25) is 5.91 Å². The van der Waals surface area contributed by atoms with Gasteiger partial charge in [-0.2, -0.15) is 8.75 Å². The van der Waals surface area contributed by atoms with Gasteiger partial charge in [-0.15, -0.1) is 0 Å². The van der Waals surface area contributed by atoms with Gasteiger partial charge < -0.3 is 11.1 Å². The maximum atomic E-state index is 12.8. The zero-order chi connectivity index (χ0) is 15.2. The average Bonchev–Trinajstić information content (AvgIpc) is 2.99. The molecular formula is C13H13FN4O2S. The van der Waals surface area contributed by atoms with Crippen molar-refractivity contribution in [1.29, 1.82) is 0 Å². The molecule has 1 aromatic carbocycles.